The van der Waals surface area contributed by atoms with Gasteiger partial charge in [0.2, 0.25) is 0 Å². The number of nitrogens with one attached hydrogen (secondary N) is 2. The lowest BCUT2D eigenvalue weighted by Gasteiger charge is -2.07. The summed E-state index contributed by atoms with van der Waals surface area (Å²) < 4.78 is 0. The zero-order valence-corrected chi connectivity index (χ0v) is 33.9. The van der Waals surface area contributed by atoms with Gasteiger partial charge in [0.25, 0.3) is 0 Å². The molecule has 0 aliphatic carbocycles. The molecule has 2 aliphatic heterocycles. The molecule has 0 fully saturated rings. The minimum atomic E-state index is -1.26. The third-order valence-electron chi connectivity index (χ3n) is 10.9. The summed E-state index contributed by atoms with van der Waals surface area (Å²) in [5.41, 5.74) is 15.4. The molecule has 0 saturated carbocycles. The number of thiophene rings is 1. The summed E-state index contributed by atoms with van der Waals surface area (Å²) in [5, 5.41) is 18.8. The number of fused-ring (bicyclic) bond motifs is 8. The van der Waals surface area contributed by atoms with E-state index in [0.717, 1.165) is 99.8 Å². The number of carboxylic acids is 1. The van der Waals surface area contributed by atoms with E-state index in [0.29, 0.717) is 4.88 Å². The molecule has 0 amide bonds. The lowest BCUT2D eigenvalue weighted by Crippen LogP contribution is -1.96. The van der Waals surface area contributed by atoms with Crippen molar-refractivity contribution >= 4 is 81.9 Å². The quantitative estimate of drug-likeness (QED) is 0.104. The summed E-state index contributed by atoms with van der Waals surface area (Å²) >= 11 is 1.41. The van der Waals surface area contributed by atoms with Crippen molar-refractivity contribution in [1.82, 2.24) is 19.9 Å². The third kappa shape index (κ3) is 7.30. The molecule has 0 saturated heterocycles. The Balaban J connectivity index is 1.35. The van der Waals surface area contributed by atoms with E-state index in [1.54, 1.807) is 6.07 Å². The number of carboxylic acid groups (broad SMARTS) is 1. The van der Waals surface area contributed by atoms with E-state index in [4.69, 9.17) is 9.97 Å². The van der Waals surface area contributed by atoms with Gasteiger partial charge in [-0.15, -0.1) is 11.3 Å². The van der Waals surface area contributed by atoms with Crippen LogP contribution in [0.15, 0.2) is 157 Å². The summed E-state index contributed by atoms with van der Waals surface area (Å²) in [5.74, 6) is -1.26. The van der Waals surface area contributed by atoms with Gasteiger partial charge in [-0.1, -0.05) is 127 Å². The fourth-order valence-electron chi connectivity index (χ4n) is 8.07. The summed E-state index contributed by atoms with van der Waals surface area (Å²) in [7, 11) is 0. The first-order chi connectivity index (χ1) is 30.5. The van der Waals surface area contributed by atoms with Crippen LogP contribution in [0.2, 0.25) is 0 Å². The molecule has 294 valence electrons. The SMILES string of the molecule is N#C/C(=C\c1ccc(/C=C/c2cc3[nH]c2c(-c2ccccc2)c2nc(c(-c4ccccc4)c4ccc([nH]4)c(-c4ccccc4)c4nc(c3-c3ccccc3)C=C4)C=C2)s1)C(=O)O. The molecule has 7 nitrogen and oxygen atoms in total. The fourth-order valence-corrected chi connectivity index (χ4v) is 8.92. The second-order valence-electron chi connectivity index (χ2n) is 14.7. The van der Waals surface area contributed by atoms with E-state index in [9.17, 15) is 15.2 Å². The molecule has 3 N–H and O–H groups in total. The van der Waals surface area contributed by atoms with Crippen LogP contribution in [-0.4, -0.2) is 31.0 Å². The van der Waals surface area contributed by atoms with Crippen molar-refractivity contribution in [2.75, 3.05) is 0 Å². The van der Waals surface area contributed by atoms with Gasteiger partial charge in [-0.2, -0.15) is 5.26 Å². The van der Waals surface area contributed by atoms with Crippen LogP contribution < -0.4 is 0 Å². The Labute approximate surface area is 361 Å². The Morgan fingerprint density at radius 3 is 1.44 bits per heavy atom. The first-order valence-corrected chi connectivity index (χ1v) is 20.9. The van der Waals surface area contributed by atoms with E-state index >= 15 is 0 Å². The molecule has 0 spiro atoms. The molecule has 0 atom stereocenters. The van der Waals surface area contributed by atoms with Crippen molar-refractivity contribution in [3.05, 3.63) is 195 Å². The third-order valence-corrected chi connectivity index (χ3v) is 11.9. The van der Waals surface area contributed by atoms with E-state index in [-0.39, 0.29) is 5.57 Å². The number of aromatic nitrogens is 4. The molecule has 2 aliphatic rings. The maximum Gasteiger partial charge on any atom is 0.346 e. The monoisotopic (exact) mass is 817 g/mol. The Hall–Kier alpha value is -8.38. The highest BCUT2D eigenvalue weighted by molar-refractivity contribution is 7.13. The predicted molar refractivity (Wildman–Crippen MR) is 255 cm³/mol. The van der Waals surface area contributed by atoms with Crippen molar-refractivity contribution < 1.29 is 9.90 Å². The molecule has 10 rings (SSSR count). The van der Waals surface area contributed by atoms with E-state index in [1.165, 1.54) is 17.4 Å². The average Bonchev–Trinajstić information content (AvgIpc) is 4.18. The number of nitrogens with zero attached hydrogens (tertiary/aromatic N) is 3. The standard InChI is InChI=1S/C54H35N5O2S/c55-33-39(54(60)61)31-41-24-23-40(62-41)22-21-38-32-48-51(36-17-9-3-10-18-36)46-28-27-44(57-46)49(34-13-5-1-6-14-34)42-25-26-43(56-42)50(35-15-7-2-8-16-35)45-29-30-47(58-45)52(53(38)59-48)37-19-11-4-12-20-37/h1-32,56,59H,(H,60,61)/b22-21+,39-31+,49-42?,49-44?,50-43?,50-45?,51-46?,51-48?,52-47?,53-52?. The van der Waals surface area contributed by atoms with Crippen molar-refractivity contribution in [2.45, 2.75) is 0 Å². The van der Waals surface area contributed by atoms with Crippen LogP contribution in [0, 0.1) is 11.3 Å². The Morgan fingerprint density at radius 1 is 0.532 bits per heavy atom. The van der Waals surface area contributed by atoms with Gasteiger partial charge in [-0.05, 0) is 89.0 Å². The summed E-state index contributed by atoms with van der Waals surface area (Å²) in [6.45, 7) is 0. The molecular weight excluding hydrogens is 783 g/mol. The summed E-state index contributed by atoms with van der Waals surface area (Å²) in [4.78, 5) is 31.8. The topological polar surface area (TPSA) is 118 Å². The smallest absolute Gasteiger partial charge is 0.346 e. The summed E-state index contributed by atoms with van der Waals surface area (Å²) in [6.07, 6.45) is 13.9. The maximum atomic E-state index is 11.6. The second kappa shape index (κ2) is 16.3. The van der Waals surface area contributed by atoms with Crippen molar-refractivity contribution in [3.63, 3.8) is 0 Å². The van der Waals surface area contributed by atoms with Gasteiger partial charge < -0.3 is 15.1 Å². The van der Waals surface area contributed by atoms with Crippen LogP contribution in [0.25, 0.3) is 109 Å². The molecule has 8 aromatic rings. The second-order valence-corrected chi connectivity index (χ2v) is 15.9. The number of hydrogen-bond acceptors (Lipinski definition) is 5. The Morgan fingerprint density at radius 2 is 0.968 bits per heavy atom. The minimum Gasteiger partial charge on any atom is -0.477 e. The molecule has 0 radical (unpaired) electrons. The van der Waals surface area contributed by atoms with Gasteiger partial charge in [-0.25, -0.2) is 14.8 Å². The van der Waals surface area contributed by atoms with E-state index in [1.807, 2.05) is 66.7 Å². The van der Waals surface area contributed by atoms with Crippen LogP contribution in [0.3, 0.4) is 0 Å². The van der Waals surface area contributed by atoms with Crippen LogP contribution in [0.1, 0.15) is 38.1 Å². The van der Waals surface area contributed by atoms with Gasteiger partial charge >= 0.3 is 5.97 Å². The van der Waals surface area contributed by atoms with Crippen LogP contribution >= 0.6 is 11.3 Å². The zero-order chi connectivity index (χ0) is 42.0. The van der Waals surface area contributed by atoms with Gasteiger partial charge in [0.15, 0.2) is 0 Å². The van der Waals surface area contributed by atoms with Gasteiger partial charge in [0, 0.05) is 54.1 Å². The lowest BCUT2D eigenvalue weighted by atomic mass is 10.0. The molecule has 62 heavy (non-hydrogen) atoms. The highest BCUT2D eigenvalue weighted by Crippen LogP contribution is 2.40. The Kier molecular flexibility index (Phi) is 9.98. The molecule has 6 heterocycles. The number of carbonyl (C=O) groups is 1. The number of aromatic amines is 2. The van der Waals surface area contributed by atoms with Gasteiger partial charge in [-0.3, -0.25) is 0 Å². The number of H-pyrrole nitrogens is 2. The molecular formula is C54H35N5O2S. The number of hydrogen-bond donors (Lipinski definition) is 3. The van der Waals surface area contributed by atoms with Crippen molar-refractivity contribution in [2.24, 2.45) is 0 Å². The van der Waals surface area contributed by atoms with E-state index < -0.39 is 5.97 Å². The average molecular weight is 818 g/mol. The number of benzene rings is 4. The van der Waals surface area contributed by atoms with Crippen LogP contribution in [-0.2, 0) is 4.79 Å². The first-order valence-electron chi connectivity index (χ1n) is 20.1. The van der Waals surface area contributed by atoms with Gasteiger partial charge in [0.1, 0.15) is 11.6 Å². The minimum absolute atomic E-state index is 0.315. The fraction of sp³-hybridized carbons (Fsp3) is 0. The largest absolute Gasteiger partial charge is 0.477 e. The highest BCUT2D eigenvalue weighted by atomic mass is 32.1. The molecule has 8 bridgehead atoms. The summed E-state index contributed by atoms with van der Waals surface area (Å²) in [6, 6.07) is 53.3. The molecule has 4 aromatic carbocycles. The maximum absolute atomic E-state index is 11.6. The first kappa shape index (κ1) is 37.9. The van der Waals surface area contributed by atoms with Crippen molar-refractivity contribution in [3.8, 4) is 50.6 Å². The van der Waals surface area contributed by atoms with Gasteiger partial charge in [0.05, 0.1) is 28.3 Å². The number of rotatable bonds is 8. The normalized spacial score (nSPS) is 12.2. The van der Waals surface area contributed by atoms with Crippen molar-refractivity contribution in [1.29, 1.82) is 5.26 Å². The number of nitriles is 1. The highest BCUT2D eigenvalue weighted by Gasteiger charge is 2.20. The van der Waals surface area contributed by atoms with Crippen LogP contribution in [0.5, 0.6) is 0 Å². The number of aliphatic carboxylic acids is 1. The molecule has 4 aromatic heterocycles. The van der Waals surface area contributed by atoms with Crippen LogP contribution in [0.4, 0.5) is 0 Å². The Bertz CT molecular complexity index is 3370. The van der Waals surface area contributed by atoms with E-state index in [2.05, 4.69) is 131 Å². The molecule has 8 heteroatoms. The predicted octanol–water partition coefficient (Wildman–Crippen LogP) is 13.5. The zero-order valence-electron chi connectivity index (χ0n) is 33.1. The molecule has 0 unspecified atom stereocenters. The lowest BCUT2D eigenvalue weighted by molar-refractivity contribution is -0.132.